The lowest BCUT2D eigenvalue weighted by molar-refractivity contribution is 0.0309. The summed E-state index contributed by atoms with van der Waals surface area (Å²) in [6.07, 6.45) is -1.56. The molecular formula is C7H12O5. The minimum Gasteiger partial charge on any atom is -0.449 e. The van der Waals surface area contributed by atoms with E-state index in [2.05, 4.69) is 9.47 Å². The van der Waals surface area contributed by atoms with Gasteiger partial charge in [0.1, 0.15) is 6.10 Å². The van der Waals surface area contributed by atoms with Crippen molar-refractivity contribution < 1.29 is 24.2 Å². The van der Waals surface area contributed by atoms with Gasteiger partial charge in [-0.25, -0.2) is 9.59 Å². The summed E-state index contributed by atoms with van der Waals surface area (Å²) < 4.78 is 8.28. The lowest BCUT2D eigenvalue weighted by atomic mass is 10.2. The first-order valence-corrected chi connectivity index (χ1v) is 3.67. The minimum atomic E-state index is -1.65. The third-order valence-corrected chi connectivity index (χ3v) is 1.16. The van der Waals surface area contributed by atoms with Crippen LogP contribution in [0.5, 0.6) is 0 Å². The van der Waals surface area contributed by atoms with Gasteiger partial charge in [-0.3, -0.25) is 0 Å². The van der Waals surface area contributed by atoms with Crippen molar-refractivity contribution in [1.29, 1.82) is 0 Å². The van der Waals surface area contributed by atoms with Crippen molar-refractivity contribution in [3.05, 3.63) is 0 Å². The predicted octanol–water partition coefficient (Wildman–Crippen LogP) is 2.01. The highest BCUT2D eigenvalue weighted by molar-refractivity contribution is 5.75. The Balaban J connectivity index is 3.61. The molecule has 0 fully saturated rings. The largest absolute Gasteiger partial charge is 0.518 e. The van der Waals surface area contributed by atoms with Crippen molar-refractivity contribution in [2.45, 2.75) is 32.8 Å². The van der Waals surface area contributed by atoms with E-state index < -0.39 is 12.3 Å². The minimum absolute atomic E-state index is 0.304. The highest BCUT2D eigenvalue weighted by Crippen LogP contribution is 2.02. The normalized spacial score (nSPS) is 11.8. The van der Waals surface area contributed by atoms with Gasteiger partial charge in [0.25, 0.3) is 0 Å². The fourth-order valence-corrected chi connectivity index (χ4v) is 0.725. The Bertz CT molecular complexity index is 165. The van der Waals surface area contributed by atoms with Crippen LogP contribution in [0.15, 0.2) is 0 Å². The highest BCUT2D eigenvalue weighted by atomic mass is 16.8. The zero-order chi connectivity index (χ0) is 9.56. The molecule has 12 heavy (non-hydrogen) atoms. The smallest absolute Gasteiger partial charge is 0.449 e. The van der Waals surface area contributed by atoms with Gasteiger partial charge in [-0.1, -0.05) is 13.3 Å². The van der Waals surface area contributed by atoms with E-state index in [4.69, 9.17) is 5.11 Å². The van der Waals surface area contributed by atoms with Crippen LogP contribution in [-0.4, -0.2) is 23.5 Å². The highest BCUT2D eigenvalue weighted by Gasteiger charge is 2.12. The van der Waals surface area contributed by atoms with Crippen molar-refractivity contribution in [2.75, 3.05) is 0 Å². The first-order chi connectivity index (χ1) is 5.56. The Morgan fingerprint density at radius 2 is 2.08 bits per heavy atom. The summed E-state index contributed by atoms with van der Waals surface area (Å²) >= 11 is 0. The number of carboxylic acid groups (broad SMARTS) is 1. The van der Waals surface area contributed by atoms with Gasteiger partial charge in [0.05, 0.1) is 0 Å². The standard InChI is InChI=1S/C7H12O5/c1-3-4-5(2)11-7(10)12-6(8)9/h5H,3-4H2,1-2H3,(H,8,9). The zero-order valence-corrected chi connectivity index (χ0v) is 7.07. The molecule has 0 bridgehead atoms. The van der Waals surface area contributed by atoms with Gasteiger partial charge >= 0.3 is 12.3 Å². The van der Waals surface area contributed by atoms with Crippen LogP contribution in [0.3, 0.4) is 0 Å². The maximum atomic E-state index is 10.5. The van der Waals surface area contributed by atoms with Crippen molar-refractivity contribution in [3.63, 3.8) is 0 Å². The molecule has 0 aliphatic rings. The summed E-state index contributed by atoms with van der Waals surface area (Å²) in [4.78, 5) is 20.3. The average molecular weight is 176 g/mol. The third kappa shape index (κ3) is 5.52. The molecule has 1 unspecified atom stereocenters. The Labute approximate surface area is 70.3 Å². The van der Waals surface area contributed by atoms with Gasteiger partial charge in [-0.05, 0) is 13.3 Å². The molecule has 0 aliphatic carbocycles. The van der Waals surface area contributed by atoms with Crippen LogP contribution < -0.4 is 0 Å². The summed E-state index contributed by atoms with van der Waals surface area (Å²) in [6.45, 7) is 3.61. The Hall–Kier alpha value is -1.26. The van der Waals surface area contributed by atoms with Gasteiger partial charge in [0.2, 0.25) is 0 Å². The number of carbonyl (C=O) groups is 2. The van der Waals surface area contributed by atoms with E-state index in [0.717, 1.165) is 6.42 Å². The SMILES string of the molecule is CCCC(C)OC(=O)OC(=O)O. The number of carbonyl (C=O) groups excluding carboxylic acids is 1. The Morgan fingerprint density at radius 3 is 2.50 bits per heavy atom. The van der Waals surface area contributed by atoms with Crippen LogP contribution in [0.1, 0.15) is 26.7 Å². The molecule has 70 valence electrons. The molecule has 0 amide bonds. The first-order valence-electron chi connectivity index (χ1n) is 3.67. The monoisotopic (exact) mass is 176 g/mol. The summed E-state index contributed by atoms with van der Waals surface area (Å²) in [6, 6.07) is 0. The summed E-state index contributed by atoms with van der Waals surface area (Å²) in [5.41, 5.74) is 0. The van der Waals surface area contributed by atoms with E-state index in [1.165, 1.54) is 0 Å². The molecule has 0 aromatic rings. The number of hydrogen-bond donors (Lipinski definition) is 1. The molecule has 1 atom stereocenters. The molecule has 0 rings (SSSR count). The number of rotatable bonds is 3. The van der Waals surface area contributed by atoms with Crippen molar-refractivity contribution in [3.8, 4) is 0 Å². The average Bonchev–Trinajstić information content (AvgIpc) is 1.84. The lowest BCUT2D eigenvalue weighted by Crippen LogP contribution is -2.18. The van der Waals surface area contributed by atoms with Crippen LogP contribution in [0.2, 0.25) is 0 Å². The van der Waals surface area contributed by atoms with E-state index in [-0.39, 0.29) is 6.10 Å². The number of hydrogen-bond acceptors (Lipinski definition) is 4. The van der Waals surface area contributed by atoms with Gasteiger partial charge in [-0.15, -0.1) is 0 Å². The summed E-state index contributed by atoms with van der Waals surface area (Å²) in [5, 5.41) is 8.00. The van der Waals surface area contributed by atoms with Crippen molar-refractivity contribution >= 4 is 12.3 Å². The van der Waals surface area contributed by atoms with Gasteiger partial charge in [-0.2, -0.15) is 0 Å². The van der Waals surface area contributed by atoms with E-state index in [0.29, 0.717) is 6.42 Å². The van der Waals surface area contributed by atoms with Gasteiger partial charge in [0.15, 0.2) is 0 Å². The second-order valence-electron chi connectivity index (χ2n) is 2.34. The van der Waals surface area contributed by atoms with E-state index in [1.807, 2.05) is 6.92 Å². The Kier molecular flexibility index (Phi) is 4.83. The molecule has 0 aliphatic heterocycles. The zero-order valence-electron chi connectivity index (χ0n) is 7.07. The topological polar surface area (TPSA) is 72.8 Å². The van der Waals surface area contributed by atoms with Crippen molar-refractivity contribution in [1.82, 2.24) is 0 Å². The molecule has 5 nitrogen and oxygen atoms in total. The molecule has 0 radical (unpaired) electrons. The van der Waals surface area contributed by atoms with Crippen LogP contribution in [0.4, 0.5) is 9.59 Å². The van der Waals surface area contributed by atoms with Gasteiger partial charge < -0.3 is 14.6 Å². The van der Waals surface area contributed by atoms with E-state index >= 15 is 0 Å². The number of ether oxygens (including phenoxy) is 2. The fourth-order valence-electron chi connectivity index (χ4n) is 0.725. The van der Waals surface area contributed by atoms with Crippen LogP contribution in [0.25, 0.3) is 0 Å². The van der Waals surface area contributed by atoms with Crippen LogP contribution in [0, 0.1) is 0 Å². The fraction of sp³-hybridized carbons (Fsp3) is 0.714. The van der Waals surface area contributed by atoms with Crippen LogP contribution in [-0.2, 0) is 9.47 Å². The molecule has 1 N–H and O–H groups in total. The molecule has 0 aromatic heterocycles. The van der Waals surface area contributed by atoms with E-state index in [1.54, 1.807) is 6.92 Å². The van der Waals surface area contributed by atoms with Crippen molar-refractivity contribution in [2.24, 2.45) is 0 Å². The van der Waals surface area contributed by atoms with E-state index in [9.17, 15) is 9.59 Å². The first kappa shape index (κ1) is 10.7. The molecule has 0 saturated heterocycles. The quantitative estimate of drug-likeness (QED) is 0.526. The summed E-state index contributed by atoms with van der Waals surface area (Å²) in [7, 11) is 0. The lowest BCUT2D eigenvalue weighted by Gasteiger charge is -2.09. The maximum Gasteiger partial charge on any atom is 0.518 e. The molecule has 5 heteroatoms. The second-order valence-corrected chi connectivity index (χ2v) is 2.34. The molecule has 0 saturated carbocycles. The second kappa shape index (κ2) is 5.40. The predicted molar refractivity (Wildman–Crippen MR) is 40.0 cm³/mol. The van der Waals surface area contributed by atoms with Gasteiger partial charge in [0, 0.05) is 0 Å². The molecule has 0 aromatic carbocycles. The third-order valence-electron chi connectivity index (χ3n) is 1.16. The summed E-state index contributed by atoms with van der Waals surface area (Å²) in [5.74, 6) is 0. The Morgan fingerprint density at radius 1 is 1.50 bits per heavy atom. The molecule has 0 heterocycles. The van der Waals surface area contributed by atoms with Crippen LogP contribution >= 0.6 is 0 Å². The molecule has 0 spiro atoms. The maximum absolute atomic E-state index is 10.5. The molecular weight excluding hydrogens is 164 g/mol.